The minimum Gasteiger partial charge on any atom is -0.481 e. The van der Waals surface area contributed by atoms with Gasteiger partial charge >= 0.3 is 5.97 Å². The van der Waals surface area contributed by atoms with Crippen molar-refractivity contribution in [1.29, 1.82) is 0 Å². The molecule has 1 aromatic rings. The molecule has 0 spiro atoms. The smallest absolute Gasteiger partial charge is 0.312 e. The Kier molecular flexibility index (Phi) is 3.06. The molecule has 0 aromatic heterocycles. The van der Waals surface area contributed by atoms with Gasteiger partial charge in [0.15, 0.2) is 0 Å². The standard InChI is InChI=1S/C17H23NO3/c1-16(2)9-14(17(3,4)21-16)18-10-12(15(19)20)11-7-5-6-8-13(11)18/h5-8,12,14H,9-10H2,1-4H3,(H,19,20). The molecule has 0 bridgehead atoms. The Hall–Kier alpha value is -1.55. The molecule has 1 aromatic carbocycles. The number of hydrogen-bond acceptors (Lipinski definition) is 3. The first-order valence-corrected chi connectivity index (χ1v) is 7.50. The van der Waals surface area contributed by atoms with E-state index in [1.807, 2.05) is 24.3 Å². The lowest BCUT2D eigenvalue weighted by Gasteiger charge is -2.35. The molecule has 114 valence electrons. The highest BCUT2D eigenvalue weighted by Crippen LogP contribution is 2.46. The minimum atomic E-state index is -0.749. The second kappa shape index (κ2) is 4.47. The van der Waals surface area contributed by atoms with E-state index in [9.17, 15) is 9.90 Å². The maximum absolute atomic E-state index is 11.6. The van der Waals surface area contributed by atoms with E-state index in [0.29, 0.717) is 6.54 Å². The normalized spacial score (nSPS) is 29.4. The number of para-hydroxylation sites is 1. The Labute approximate surface area is 125 Å². The molecule has 4 heteroatoms. The summed E-state index contributed by atoms with van der Waals surface area (Å²) in [7, 11) is 0. The van der Waals surface area contributed by atoms with Gasteiger partial charge in [0.2, 0.25) is 0 Å². The van der Waals surface area contributed by atoms with Crippen molar-refractivity contribution in [2.75, 3.05) is 11.4 Å². The Bertz CT molecular complexity index is 579. The summed E-state index contributed by atoms with van der Waals surface area (Å²) in [5.41, 5.74) is 1.50. The number of hydrogen-bond donors (Lipinski definition) is 1. The number of carboxylic acid groups (broad SMARTS) is 1. The molecular formula is C17H23NO3. The lowest BCUT2D eigenvalue weighted by molar-refractivity contribution is -0.138. The molecular weight excluding hydrogens is 266 g/mol. The molecule has 2 aliphatic rings. The first-order chi connectivity index (χ1) is 9.71. The van der Waals surface area contributed by atoms with Crippen molar-refractivity contribution in [2.24, 2.45) is 0 Å². The van der Waals surface area contributed by atoms with Crippen LogP contribution in [0.4, 0.5) is 5.69 Å². The molecule has 0 radical (unpaired) electrons. The Morgan fingerprint density at radius 2 is 1.95 bits per heavy atom. The summed E-state index contributed by atoms with van der Waals surface area (Å²) in [5.74, 6) is -1.19. The summed E-state index contributed by atoms with van der Waals surface area (Å²) in [6.45, 7) is 8.94. The van der Waals surface area contributed by atoms with Gasteiger partial charge in [0.25, 0.3) is 0 Å². The van der Waals surface area contributed by atoms with Crippen LogP contribution in [-0.2, 0) is 9.53 Å². The third kappa shape index (κ3) is 2.31. The van der Waals surface area contributed by atoms with Crippen molar-refractivity contribution in [3.05, 3.63) is 29.8 Å². The fourth-order valence-electron chi connectivity index (χ4n) is 3.96. The molecule has 1 saturated heterocycles. The Balaban J connectivity index is 1.99. The third-order valence-electron chi connectivity index (χ3n) is 4.70. The predicted molar refractivity (Wildman–Crippen MR) is 81.8 cm³/mol. The minimum absolute atomic E-state index is 0.176. The Morgan fingerprint density at radius 1 is 1.29 bits per heavy atom. The second-order valence-corrected chi connectivity index (χ2v) is 7.29. The van der Waals surface area contributed by atoms with Gasteiger partial charge < -0.3 is 14.7 Å². The molecule has 2 atom stereocenters. The molecule has 21 heavy (non-hydrogen) atoms. The van der Waals surface area contributed by atoms with Gasteiger partial charge in [-0.25, -0.2) is 0 Å². The van der Waals surface area contributed by atoms with Crippen molar-refractivity contribution >= 4 is 11.7 Å². The van der Waals surface area contributed by atoms with Gasteiger partial charge in [0.1, 0.15) is 5.92 Å². The van der Waals surface area contributed by atoms with Crippen LogP contribution < -0.4 is 4.90 Å². The molecule has 2 heterocycles. The number of carboxylic acids is 1. The molecule has 1 N–H and O–H groups in total. The lowest BCUT2D eigenvalue weighted by Crippen LogP contribution is -2.46. The van der Waals surface area contributed by atoms with Crippen LogP contribution in [0.5, 0.6) is 0 Å². The summed E-state index contributed by atoms with van der Waals surface area (Å²) < 4.78 is 6.18. The van der Waals surface area contributed by atoms with Gasteiger partial charge in [-0.2, -0.15) is 0 Å². The van der Waals surface area contributed by atoms with Crippen LogP contribution in [0.1, 0.15) is 45.6 Å². The molecule has 3 rings (SSSR count). The summed E-state index contributed by atoms with van der Waals surface area (Å²) in [5, 5.41) is 9.50. The van der Waals surface area contributed by atoms with Gasteiger partial charge in [-0.05, 0) is 45.7 Å². The van der Waals surface area contributed by atoms with Crippen LogP contribution in [0.25, 0.3) is 0 Å². The molecule has 0 saturated carbocycles. The zero-order valence-corrected chi connectivity index (χ0v) is 13.1. The number of aliphatic carboxylic acids is 1. The number of ether oxygens (including phenoxy) is 1. The van der Waals surface area contributed by atoms with Crippen LogP contribution in [0, 0.1) is 0 Å². The quantitative estimate of drug-likeness (QED) is 0.909. The number of benzene rings is 1. The fourth-order valence-corrected chi connectivity index (χ4v) is 3.96. The van der Waals surface area contributed by atoms with Crippen molar-refractivity contribution in [3.63, 3.8) is 0 Å². The number of nitrogens with zero attached hydrogens (tertiary/aromatic N) is 1. The fraction of sp³-hybridized carbons (Fsp3) is 0.588. The summed E-state index contributed by atoms with van der Waals surface area (Å²) in [6, 6.07) is 8.04. The SMILES string of the molecule is CC1(C)CC(N2CC(C(=O)O)c3ccccc32)C(C)(C)O1. The highest BCUT2D eigenvalue weighted by atomic mass is 16.5. The van der Waals surface area contributed by atoms with Crippen LogP contribution in [0.3, 0.4) is 0 Å². The Morgan fingerprint density at radius 3 is 2.52 bits per heavy atom. The van der Waals surface area contributed by atoms with E-state index in [1.54, 1.807) is 0 Å². The zero-order valence-electron chi connectivity index (χ0n) is 13.1. The van der Waals surface area contributed by atoms with Crippen LogP contribution in [0.15, 0.2) is 24.3 Å². The molecule has 0 amide bonds. The predicted octanol–water partition coefficient (Wildman–Crippen LogP) is 3.02. The van der Waals surface area contributed by atoms with Crippen LogP contribution >= 0.6 is 0 Å². The van der Waals surface area contributed by atoms with Crippen molar-refractivity contribution in [3.8, 4) is 0 Å². The topological polar surface area (TPSA) is 49.8 Å². The van der Waals surface area contributed by atoms with E-state index in [1.165, 1.54) is 0 Å². The lowest BCUT2D eigenvalue weighted by atomic mass is 9.93. The first kappa shape index (κ1) is 14.4. The summed E-state index contributed by atoms with van der Waals surface area (Å²) in [4.78, 5) is 13.8. The number of anilines is 1. The highest BCUT2D eigenvalue weighted by molar-refractivity contribution is 5.83. The molecule has 1 fully saturated rings. The number of carbonyl (C=O) groups is 1. The van der Waals surface area contributed by atoms with E-state index >= 15 is 0 Å². The van der Waals surface area contributed by atoms with Crippen molar-refractivity contribution in [1.82, 2.24) is 0 Å². The number of fused-ring (bicyclic) bond motifs is 1. The summed E-state index contributed by atoms with van der Waals surface area (Å²) >= 11 is 0. The maximum atomic E-state index is 11.6. The van der Waals surface area contributed by atoms with Gasteiger partial charge in [-0.3, -0.25) is 4.79 Å². The largest absolute Gasteiger partial charge is 0.481 e. The van der Waals surface area contributed by atoms with Gasteiger partial charge in [0, 0.05) is 12.2 Å². The van der Waals surface area contributed by atoms with Gasteiger partial charge in [-0.15, -0.1) is 0 Å². The van der Waals surface area contributed by atoms with Gasteiger partial charge in [-0.1, -0.05) is 18.2 Å². The molecule has 4 nitrogen and oxygen atoms in total. The molecule has 0 aliphatic carbocycles. The van der Waals surface area contributed by atoms with Gasteiger partial charge in [0.05, 0.1) is 17.2 Å². The zero-order chi connectivity index (χ0) is 15.4. The summed E-state index contributed by atoms with van der Waals surface area (Å²) in [6.07, 6.45) is 0.903. The van der Waals surface area contributed by atoms with Crippen LogP contribution in [0.2, 0.25) is 0 Å². The highest BCUT2D eigenvalue weighted by Gasteiger charge is 2.51. The average Bonchev–Trinajstić information content (AvgIpc) is 2.83. The average molecular weight is 289 g/mol. The first-order valence-electron chi connectivity index (χ1n) is 7.50. The maximum Gasteiger partial charge on any atom is 0.312 e. The number of rotatable bonds is 2. The second-order valence-electron chi connectivity index (χ2n) is 7.29. The van der Waals surface area contributed by atoms with Crippen molar-refractivity contribution in [2.45, 2.75) is 57.3 Å². The third-order valence-corrected chi connectivity index (χ3v) is 4.70. The molecule has 2 unspecified atom stereocenters. The monoisotopic (exact) mass is 289 g/mol. The molecule has 2 aliphatic heterocycles. The van der Waals surface area contributed by atoms with Crippen molar-refractivity contribution < 1.29 is 14.6 Å². The van der Waals surface area contributed by atoms with E-state index in [4.69, 9.17) is 4.74 Å². The van der Waals surface area contributed by atoms with Crippen LogP contribution in [-0.4, -0.2) is 34.9 Å². The van der Waals surface area contributed by atoms with E-state index in [0.717, 1.165) is 17.7 Å². The van der Waals surface area contributed by atoms with E-state index < -0.39 is 11.9 Å². The van der Waals surface area contributed by atoms with E-state index in [2.05, 4.69) is 32.6 Å². The van der Waals surface area contributed by atoms with E-state index in [-0.39, 0.29) is 17.2 Å².